The summed E-state index contributed by atoms with van der Waals surface area (Å²) < 4.78 is 0. The Morgan fingerprint density at radius 2 is 1.58 bits per heavy atom. The molecule has 2 aromatic carbocycles. The fourth-order valence-corrected chi connectivity index (χ4v) is 2.20. The van der Waals surface area contributed by atoms with Crippen molar-refractivity contribution in [2.24, 2.45) is 10.7 Å². The van der Waals surface area contributed by atoms with E-state index in [1.54, 1.807) is 0 Å². The lowest BCUT2D eigenvalue weighted by molar-refractivity contribution is 1.50. The molecule has 0 saturated heterocycles. The Morgan fingerprint density at radius 1 is 0.947 bits per heavy atom. The van der Waals surface area contributed by atoms with Gasteiger partial charge in [0.25, 0.3) is 0 Å². The second kappa shape index (κ2) is 4.43. The number of amidine groups is 1. The van der Waals surface area contributed by atoms with Crippen molar-refractivity contribution < 1.29 is 0 Å². The van der Waals surface area contributed by atoms with E-state index in [9.17, 15) is 5.26 Å². The first-order valence-corrected chi connectivity index (χ1v) is 5.95. The Bertz CT molecular complexity index is 734. The van der Waals surface area contributed by atoms with Crippen molar-refractivity contribution in [1.29, 1.82) is 5.26 Å². The summed E-state index contributed by atoms with van der Waals surface area (Å²) >= 11 is 0. The zero-order chi connectivity index (χ0) is 13.2. The van der Waals surface area contributed by atoms with Crippen molar-refractivity contribution in [3.63, 3.8) is 0 Å². The van der Waals surface area contributed by atoms with Crippen LogP contribution in [0, 0.1) is 11.3 Å². The third-order valence-electron chi connectivity index (χ3n) is 3.10. The minimum atomic E-state index is 0.467. The molecule has 2 N–H and O–H groups in total. The summed E-state index contributed by atoms with van der Waals surface area (Å²) in [6.45, 7) is 0. The standard InChI is InChI=1S/C16H11N3/c17-10-14(11-6-2-1-3-7-11)15-12-8-4-5-9-13(12)16(18)19-15/h1-9H,(H2,18,19)/b15-14-. The molecule has 19 heavy (non-hydrogen) atoms. The predicted molar refractivity (Wildman–Crippen MR) is 76.0 cm³/mol. The summed E-state index contributed by atoms with van der Waals surface area (Å²) in [4.78, 5) is 4.36. The van der Waals surface area contributed by atoms with E-state index >= 15 is 0 Å². The van der Waals surface area contributed by atoms with Gasteiger partial charge < -0.3 is 5.73 Å². The van der Waals surface area contributed by atoms with Crippen molar-refractivity contribution in [3.05, 3.63) is 71.3 Å². The molecule has 0 fully saturated rings. The number of rotatable bonds is 1. The maximum Gasteiger partial charge on any atom is 0.132 e. The molecule has 90 valence electrons. The van der Waals surface area contributed by atoms with Gasteiger partial charge in [0.05, 0.1) is 11.3 Å². The number of nitrogens with two attached hydrogens (primary N) is 1. The van der Waals surface area contributed by atoms with Crippen LogP contribution in [0.3, 0.4) is 0 Å². The highest BCUT2D eigenvalue weighted by atomic mass is 14.9. The smallest absolute Gasteiger partial charge is 0.132 e. The number of allylic oxidation sites excluding steroid dienone is 1. The van der Waals surface area contributed by atoms with Gasteiger partial charge in [-0.05, 0) is 5.56 Å². The van der Waals surface area contributed by atoms with Gasteiger partial charge in [0.15, 0.2) is 0 Å². The number of nitriles is 1. The zero-order valence-electron chi connectivity index (χ0n) is 10.2. The molecule has 0 amide bonds. The van der Waals surface area contributed by atoms with Crippen LogP contribution in [0.5, 0.6) is 0 Å². The van der Waals surface area contributed by atoms with Gasteiger partial charge in [-0.2, -0.15) is 5.26 Å². The van der Waals surface area contributed by atoms with Crippen molar-refractivity contribution in [2.45, 2.75) is 0 Å². The first-order valence-electron chi connectivity index (χ1n) is 5.95. The molecule has 0 unspecified atom stereocenters. The lowest BCUT2D eigenvalue weighted by atomic mass is 9.99. The number of hydrogen-bond donors (Lipinski definition) is 1. The monoisotopic (exact) mass is 245 g/mol. The quantitative estimate of drug-likeness (QED) is 0.785. The van der Waals surface area contributed by atoms with E-state index in [0.717, 1.165) is 16.7 Å². The van der Waals surface area contributed by atoms with Gasteiger partial charge in [-0.3, -0.25) is 0 Å². The van der Waals surface area contributed by atoms with Crippen LogP contribution in [0.4, 0.5) is 0 Å². The van der Waals surface area contributed by atoms with Crippen LogP contribution in [-0.4, -0.2) is 5.84 Å². The summed E-state index contributed by atoms with van der Waals surface area (Å²) in [5, 5.41) is 9.43. The van der Waals surface area contributed by atoms with Crippen LogP contribution in [0.15, 0.2) is 59.6 Å². The van der Waals surface area contributed by atoms with E-state index < -0.39 is 0 Å². The minimum Gasteiger partial charge on any atom is -0.383 e. The molecule has 0 atom stereocenters. The predicted octanol–water partition coefficient (Wildman–Crippen LogP) is 2.80. The van der Waals surface area contributed by atoms with Gasteiger partial charge in [0.2, 0.25) is 0 Å². The molecular formula is C16H11N3. The normalized spacial score (nSPS) is 15.4. The molecule has 3 nitrogen and oxygen atoms in total. The molecule has 0 saturated carbocycles. The Morgan fingerprint density at radius 3 is 2.26 bits per heavy atom. The van der Waals surface area contributed by atoms with E-state index in [4.69, 9.17) is 5.73 Å². The van der Waals surface area contributed by atoms with Gasteiger partial charge in [-0.1, -0.05) is 54.6 Å². The number of aliphatic imine (C=N–C) groups is 1. The average molecular weight is 245 g/mol. The van der Waals surface area contributed by atoms with Crippen molar-refractivity contribution in [1.82, 2.24) is 0 Å². The van der Waals surface area contributed by atoms with Crippen LogP contribution in [0.25, 0.3) is 11.3 Å². The van der Waals surface area contributed by atoms with E-state index in [1.165, 1.54) is 0 Å². The number of hydrogen-bond acceptors (Lipinski definition) is 3. The number of nitrogens with zero attached hydrogens (tertiary/aromatic N) is 2. The maximum atomic E-state index is 9.43. The molecule has 1 aliphatic rings. The lowest BCUT2D eigenvalue weighted by Gasteiger charge is -2.03. The van der Waals surface area contributed by atoms with Gasteiger partial charge in [-0.25, -0.2) is 4.99 Å². The zero-order valence-corrected chi connectivity index (χ0v) is 10.2. The highest BCUT2D eigenvalue weighted by molar-refractivity contribution is 6.14. The Kier molecular flexibility index (Phi) is 2.62. The van der Waals surface area contributed by atoms with Crippen LogP contribution < -0.4 is 5.73 Å². The van der Waals surface area contributed by atoms with Crippen LogP contribution in [-0.2, 0) is 0 Å². The first-order chi connectivity index (χ1) is 9.31. The van der Waals surface area contributed by atoms with Crippen LogP contribution >= 0.6 is 0 Å². The molecule has 0 aromatic heterocycles. The highest BCUT2D eigenvalue weighted by Gasteiger charge is 2.21. The second-order valence-electron chi connectivity index (χ2n) is 4.24. The average Bonchev–Trinajstić information content (AvgIpc) is 2.79. The SMILES string of the molecule is N#C/C(=C1/N=C(N)c2ccccc21)c1ccccc1. The van der Waals surface area contributed by atoms with Gasteiger partial charge in [0.1, 0.15) is 11.9 Å². The molecule has 0 aliphatic carbocycles. The Labute approximate surface area is 111 Å². The topological polar surface area (TPSA) is 62.2 Å². The van der Waals surface area contributed by atoms with E-state index in [0.29, 0.717) is 17.1 Å². The summed E-state index contributed by atoms with van der Waals surface area (Å²) in [7, 11) is 0. The van der Waals surface area contributed by atoms with Crippen molar-refractivity contribution in [2.75, 3.05) is 0 Å². The molecule has 1 aliphatic heterocycles. The third-order valence-corrected chi connectivity index (χ3v) is 3.10. The Balaban J connectivity index is 2.27. The van der Waals surface area contributed by atoms with Gasteiger partial charge in [-0.15, -0.1) is 0 Å². The molecule has 0 bridgehead atoms. The maximum absolute atomic E-state index is 9.43. The fraction of sp³-hybridized carbons (Fsp3) is 0. The van der Waals surface area contributed by atoms with E-state index in [-0.39, 0.29) is 0 Å². The molecule has 3 rings (SSSR count). The van der Waals surface area contributed by atoms with Gasteiger partial charge >= 0.3 is 0 Å². The fourth-order valence-electron chi connectivity index (χ4n) is 2.20. The second-order valence-corrected chi connectivity index (χ2v) is 4.24. The van der Waals surface area contributed by atoms with Crippen molar-refractivity contribution in [3.8, 4) is 6.07 Å². The van der Waals surface area contributed by atoms with E-state index in [2.05, 4.69) is 11.1 Å². The van der Waals surface area contributed by atoms with Crippen molar-refractivity contribution >= 4 is 17.1 Å². The first kappa shape index (κ1) is 11.2. The lowest BCUT2D eigenvalue weighted by Crippen LogP contribution is -2.09. The van der Waals surface area contributed by atoms with E-state index in [1.807, 2.05) is 54.6 Å². The Hall–Kier alpha value is -2.86. The third kappa shape index (κ3) is 1.80. The summed E-state index contributed by atoms with van der Waals surface area (Å²) in [5.41, 5.74) is 9.78. The minimum absolute atomic E-state index is 0.467. The van der Waals surface area contributed by atoms with Crippen LogP contribution in [0.1, 0.15) is 16.7 Å². The number of fused-ring (bicyclic) bond motifs is 1. The van der Waals surface area contributed by atoms with Crippen LogP contribution in [0.2, 0.25) is 0 Å². The summed E-state index contributed by atoms with van der Waals surface area (Å²) in [6, 6.07) is 19.5. The molecule has 0 spiro atoms. The summed E-state index contributed by atoms with van der Waals surface area (Å²) in [6.07, 6.45) is 0. The highest BCUT2D eigenvalue weighted by Crippen LogP contribution is 2.33. The molecule has 2 aromatic rings. The summed E-state index contributed by atoms with van der Waals surface area (Å²) in [5.74, 6) is 0.467. The molecule has 1 heterocycles. The van der Waals surface area contributed by atoms with Gasteiger partial charge in [0, 0.05) is 11.1 Å². The molecule has 0 radical (unpaired) electrons. The number of benzene rings is 2. The largest absolute Gasteiger partial charge is 0.383 e. The molecular weight excluding hydrogens is 234 g/mol. The molecule has 3 heteroatoms.